The van der Waals surface area contributed by atoms with E-state index in [2.05, 4.69) is 32.0 Å². The number of imidazole rings is 2. The number of amides is 1. The second-order valence-corrected chi connectivity index (χ2v) is 10.3. The van der Waals surface area contributed by atoms with Gasteiger partial charge in [0, 0.05) is 41.4 Å². The van der Waals surface area contributed by atoms with Gasteiger partial charge in [0.2, 0.25) is 0 Å². The smallest absolute Gasteiger partial charge is 0.322 e. The minimum absolute atomic E-state index is 0.0264. The molecule has 1 saturated heterocycles. The van der Waals surface area contributed by atoms with Crippen molar-refractivity contribution in [3.8, 4) is 17.5 Å². The topological polar surface area (TPSA) is 67.5 Å². The number of hydrogen-bond donors (Lipinski definition) is 1. The third-order valence-electron chi connectivity index (χ3n) is 7.26. The Balaban J connectivity index is 1.26. The zero-order chi connectivity index (χ0) is 29.3. The predicted octanol–water partition coefficient (Wildman–Crippen LogP) is 6.10. The number of fused-ring (bicyclic) bond motifs is 1. The molecule has 1 aliphatic heterocycles. The molecule has 0 radical (unpaired) electrons. The molecule has 212 valence electrons. The molecule has 0 aliphatic carbocycles. The van der Waals surface area contributed by atoms with E-state index in [9.17, 15) is 18.0 Å². The summed E-state index contributed by atoms with van der Waals surface area (Å²) in [5, 5.41) is 2.64. The zero-order valence-electron chi connectivity index (χ0n) is 22.8. The highest BCUT2D eigenvalue weighted by molar-refractivity contribution is 6.04. The van der Waals surface area contributed by atoms with E-state index >= 15 is 0 Å². The van der Waals surface area contributed by atoms with E-state index in [1.807, 2.05) is 35.7 Å². The molecule has 1 fully saturated rings. The van der Waals surface area contributed by atoms with E-state index in [1.54, 1.807) is 35.2 Å². The van der Waals surface area contributed by atoms with E-state index in [0.29, 0.717) is 17.8 Å². The van der Waals surface area contributed by atoms with Crippen molar-refractivity contribution in [3.05, 3.63) is 113 Å². The van der Waals surface area contributed by atoms with E-state index in [1.165, 1.54) is 12.4 Å². The normalized spacial score (nSPS) is 13.7. The summed E-state index contributed by atoms with van der Waals surface area (Å²) in [6, 6.07) is 14.2. The van der Waals surface area contributed by atoms with Crippen molar-refractivity contribution in [1.82, 2.24) is 23.8 Å². The van der Waals surface area contributed by atoms with Crippen molar-refractivity contribution in [2.75, 3.05) is 18.4 Å². The first-order valence-electron chi connectivity index (χ1n) is 13.6. The molecule has 10 heteroatoms. The number of pyridine rings is 1. The molecule has 1 aliphatic rings. The Labute approximate surface area is 240 Å². The van der Waals surface area contributed by atoms with Crippen LogP contribution in [0.15, 0.2) is 79.5 Å². The molecule has 0 spiro atoms. The highest BCUT2D eigenvalue weighted by Gasteiger charge is 2.31. The molecule has 5 aromatic rings. The maximum Gasteiger partial charge on any atom is 0.416 e. The second-order valence-electron chi connectivity index (χ2n) is 10.3. The molecule has 0 saturated carbocycles. The number of halogens is 3. The number of carbonyl (C=O) groups excluding carboxylic acids is 1. The fourth-order valence-corrected chi connectivity index (χ4v) is 5.01. The lowest BCUT2D eigenvalue weighted by molar-refractivity contribution is -0.137. The van der Waals surface area contributed by atoms with Crippen molar-refractivity contribution in [3.63, 3.8) is 0 Å². The van der Waals surface area contributed by atoms with Crippen LogP contribution in [0.5, 0.6) is 0 Å². The molecule has 0 bridgehead atoms. The number of anilines is 1. The molecule has 7 nitrogen and oxygen atoms in total. The number of hydrogen-bond acceptors (Lipinski definition) is 4. The summed E-state index contributed by atoms with van der Waals surface area (Å²) in [4.78, 5) is 24.2. The van der Waals surface area contributed by atoms with Crippen LogP contribution in [0.1, 0.15) is 51.3 Å². The summed E-state index contributed by atoms with van der Waals surface area (Å²) in [5.41, 5.74) is 3.41. The predicted molar refractivity (Wildman–Crippen MR) is 153 cm³/mol. The van der Waals surface area contributed by atoms with E-state index < -0.39 is 17.6 Å². The molecule has 1 N–H and O–H groups in total. The SMILES string of the molecule is Cc1ccc(C(=O)Nc2cc(-n3cnc(CN4CCCC4)c3)cc(C(F)(F)F)c2)cc1C#Cc1cnc2ccccn12. The van der Waals surface area contributed by atoms with Crippen LogP contribution in [0, 0.1) is 18.8 Å². The first-order valence-corrected chi connectivity index (χ1v) is 13.6. The number of nitrogens with zero attached hydrogens (tertiary/aromatic N) is 5. The summed E-state index contributed by atoms with van der Waals surface area (Å²) >= 11 is 0. The lowest BCUT2D eigenvalue weighted by atomic mass is 10.0. The molecule has 1 amide bonds. The van der Waals surface area contributed by atoms with Gasteiger partial charge in [-0.15, -0.1) is 0 Å². The van der Waals surface area contributed by atoms with E-state index in [0.717, 1.165) is 55.0 Å². The molecule has 0 atom stereocenters. The van der Waals surface area contributed by atoms with Gasteiger partial charge in [-0.3, -0.25) is 14.1 Å². The van der Waals surface area contributed by atoms with Crippen molar-refractivity contribution in [2.45, 2.75) is 32.5 Å². The first-order chi connectivity index (χ1) is 20.2. The largest absolute Gasteiger partial charge is 0.416 e. The fourth-order valence-electron chi connectivity index (χ4n) is 5.01. The van der Waals surface area contributed by atoms with Gasteiger partial charge in [0.25, 0.3) is 5.91 Å². The van der Waals surface area contributed by atoms with Crippen molar-refractivity contribution in [1.29, 1.82) is 0 Å². The lowest BCUT2D eigenvalue weighted by Gasteiger charge is -2.14. The maximum absolute atomic E-state index is 13.8. The Morgan fingerprint density at radius 3 is 2.67 bits per heavy atom. The van der Waals surface area contributed by atoms with Crippen LogP contribution in [-0.2, 0) is 12.7 Å². The maximum atomic E-state index is 13.8. The van der Waals surface area contributed by atoms with Gasteiger partial charge in [-0.25, -0.2) is 9.97 Å². The molecule has 4 heterocycles. The summed E-state index contributed by atoms with van der Waals surface area (Å²) in [7, 11) is 0. The number of nitrogens with one attached hydrogen (secondary N) is 1. The van der Waals surface area contributed by atoms with Crippen LogP contribution in [0.4, 0.5) is 18.9 Å². The summed E-state index contributed by atoms with van der Waals surface area (Å²) in [5.74, 6) is 5.65. The van der Waals surface area contributed by atoms with E-state index in [4.69, 9.17) is 0 Å². The molecule has 42 heavy (non-hydrogen) atoms. The van der Waals surface area contributed by atoms with Crippen LogP contribution in [-0.4, -0.2) is 42.8 Å². The monoisotopic (exact) mass is 568 g/mol. The minimum atomic E-state index is -4.60. The Morgan fingerprint density at radius 2 is 1.86 bits per heavy atom. The lowest BCUT2D eigenvalue weighted by Crippen LogP contribution is -2.18. The molecular weight excluding hydrogens is 541 g/mol. The van der Waals surface area contributed by atoms with Crippen LogP contribution in [0.25, 0.3) is 11.3 Å². The Morgan fingerprint density at radius 1 is 1.02 bits per heavy atom. The van der Waals surface area contributed by atoms with Crippen LogP contribution in [0.3, 0.4) is 0 Å². The van der Waals surface area contributed by atoms with Gasteiger partial charge in [0.15, 0.2) is 0 Å². The summed E-state index contributed by atoms with van der Waals surface area (Å²) in [6.45, 7) is 4.49. The highest BCUT2D eigenvalue weighted by Crippen LogP contribution is 2.33. The Hall–Kier alpha value is -4.88. The molecular formula is C32H27F3N6O. The Kier molecular flexibility index (Phi) is 7.27. The van der Waals surface area contributed by atoms with Gasteiger partial charge in [-0.05, 0) is 86.8 Å². The van der Waals surface area contributed by atoms with E-state index in [-0.39, 0.29) is 16.9 Å². The number of alkyl halides is 3. The second kappa shape index (κ2) is 11.2. The number of aryl methyl sites for hydroxylation is 1. The van der Waals surface area contributed by atoms with Crippen molar-refractivity contribution in [2.24, 2.45) is 0 Å². The van der Waals surface area contributed by atoms with Gasteiger partial charge < -0.3 is 9.88 Å². The third kappa shape index (κ3) is 5.92. The molecule has 0 unspecified atom stereocenters. The third-order valence-corrected chi connectivity index (χ3v) is 7.26. The highest BCUT2D eigenvalue weighted by atomic mass is 19.4. The molecule has 3 aromatic heterocycles. The van der Waals surface area contributed by atoms with Crippen LogP contribution >= 0.6 is 0 Å². The standard InChI is InChI=1S/C32H27F3N6O/c1-22-7-8-24(14-23(22)9-10-28-18-36-30-6-2-3-13-41(28)30)31(42)38-26-15-25(32(33,34)35)16-29(17-26)40-20-27(37-21-40)19-39-11-4-5-12-39/h2-3,6-8,13-18,20-21H,4-5,11-12,19H2,1H3,(H,38,42). The Bertz CT molecular complexity index is 1840. The fraction of sp³-hybridized carbons (Fsp3) is 0.219. The van der Waals surface area contributed by atoms with Gasteiger partial charge >= 0.3 is 6.18 Å². The molecule has 6 rings (SSSR count). The van der Waals surface area contributed by atoms with Gasteiger partial charge in [-0.1, -0.05) is 18.1 Å². The quantitative estimate of drug-likeness (QED) is 0.261. The molecule has 2 aromatic carbocycles. The number of rotatable bonds is 5. The summed E-state index contributed by atoms with van der Waals surface area (Å²) < 4.78 is 44.9. The first kappa shape index (κ1) is 27.3. The average molecular weight is 569 g/mol. The number of likely N-dealkylation sites (tertiary alicyclic amines) is 1. The van der Waals surface area contributed by atoms with Gasteiger partial charge in [0.05, 0.1) is 23.8 Å². The number of carbonyl (C=O) groups is 1. The summed E-state index contributed by atoms with van der Waals surface area (Å²) in [6.07, 6.45) is 4.44. The number of aromatic nitrogens is 4. The minimum Gasteiger partial charge on any atom is -0.322 e. The zero-order valence-corrected chi connectivity index (χ0v) is 22.8. The van der Waals surface area contributed by atoms with Crippen molar-refractivity contribution >= 4 is 17.2 Å². The van der Waals surface area contributed by atoms with Crippen LogP contribution in [0.2, 0.25) is 0 Å². The van der Waals surface area contributed by atoms with Gasteiger partial charge in [0.1, 0.15) is 11.3 Å². The number of benzene rings is 2. The average Bonchev–Trinajstić information content (AvgIpc) is 3.74. The van der Waals surface area contributed by atoms with Gasteiger partial charge in [-0.2, -0.15) is 13.2 Å². The van der Waals surface area contributed by atoms with Crippen molar-refractivity contribution < 1.29 is 18.0 Å². The van der Waals surface area contributed by atoms with Crippen LogP contribution < -0.4 is 5.32 Å².